The zero-order valence-corrected chi connectivity index (χ0v) is 12.3. The Morgan fingerprint density at radius 2 is 2.21 bits per heavy atom. The largest absolute Gasteiger partial charge is 0.353 e. The van der Waals surface area contributed by atoms with E-state index in [0.29, 0.717) is 13.0 Å². The molecule has 1 aliphatic heterocycles. The number of carbonyl (C=O) groups is 2. The van der Waals surface area contributed by atoms with Crippen molar-refractivity contribution in [3.63, 3.8) is 0 Å². The fraction of sp³-hybridized carbons (Fsp3) is 0.714. The number of hydrogen-bond donors (Lipinski definition) is 2. The quantitative estimate of drug-likeness (QED) is 0.690. The van der Waals surface area contributed by atoms with E-state index in [1.54, 1.807) is 6.08 Å². The first-order chi connectivity index (χ1) is 8.80. The molecule has 0 saturated carbocycles. The predicted octanol–water partition coefficient (Wildman–Crippen LogP) is 0.525. The third-order valence-corrected chi connectivity index (χ3v) is 3.12. The van der Waals surface area contributed by atoms with Crippen LogP contribution in [0, 0.1) is 5.92 Å². The van der Waals surface area contributed by atoms with Gasteiger partial charge in [0.25, 0.3) is 0 Å². The number of amides is 2. The Morgan fingerprint density at radius 3 is 2.74 bits per heavy atom. The zero-order valence-electron chi connectivity index (χ0n) is 12.3. The molecule has 0 radical (unpaired) electrons. The lowest BCUT2D eigenvalue weighted by molar-refractivity contribution is -0.123. The second-order valence-electron chi connectivity index (χ2n) is 6.02. The minimum absolute atomic E-state index is 0.0149. The van der Waals surface area contributed by atoms with Crippen molar-refractivity contribution in [2.45, 2.75) is 32.2 Å². The van der Waals surface area contributed by atoms with Gasteiger partial charge in [0.15, 0.2) is 0 Å². The van der Waals surface area contributed by atoms with Crippen molar-refractivity contribution in [3.8, 4) is 0 Å². The molecule has 1 atom stereocenters. The number of nitrogens with one attached hydrogen (secondary N) is 2. The SMILES string of the molecule is CN(C)C/C=C/C(=O)NCCC1CC(C)(C)NC1=O. The molecule has 1 heterocycles. The zero-order chi connectivity index (χ0) is 14.5. The van der Waals surface area contributed by atoms with Gasteiger partial charge >= 0.3 is 0 Å². The number of likely N-dealkylation sites (N-methyl/N-ethyl adjacent to an activating group) is 1. The molecule has 1 saturated heterocycles. The van der Waals surface area contributed by atoms with Gasteiger partial charge < -0.3 is 15.5 Å². The van der Waals surface area contributed by atoms with Gasteiger partial charge in [-0.15, -0.1) is 0 Å². The summed E-state index contributed by atoms with van der Waals surface area (Å²) >= 11 is 0. The van der Waals surface area contributed by atoms with Gasteiger partial charge in [0.2, 0.25) is 11.8 Å². The second-order valence-corrected chi connectivity index (χ2v) is 6.02. The van der Waals surface area contributed by atoms with E-state index in [1.807, 2.05) is 38.9 Å². The highest BCUT2D eigenvalue weighted by atomic mass is 16.2. The molecule has 1 fully saturated rings. The lowest BCUT2D eigenvalue weighted by Crippen LogP contribution is -2.34. The number of hydrogen-bond acceptors (Lipinski definition) is 3. The first kappa shape index (κ1) is 15.7. The van der Waals surface area contributed by atoms with Gasteiger partial charge in [0, 0.05) is 30.6 Å². The van der Waals surface area contributed by atoms with Crippen molar-refractivity contribution in [1.82, 2.24) is 15.5 Å². The lowest BCUT2D eigenvalue weighted by atomic mass is 9.94. The molecule has 0 aromatic heterocycles. The van der Waals surface area contributed by atoms with Crippen molar-refractivity contribution in [2.24, 2.45) is 5.92 Å². The Hall–Kier alpha value is -1.36. The summed E-state index contributed by atoms with van der Waals surface area (Å²) in [4.78, 5) is 25.1. The van der Waals surface area contributed by atoms with Crippen molar-refractivity contribution in [2.75, 3.05) is 27.2 Å². The van der Waals surface area contributed by atoms with Crippen LogP contribution >= 0.6 is 0 Å². The van der Waals surface area contributed by atoms with Gasteiger partial charge in [-0.1, -0.05) is 6.08 Å². The molecule has 2 N–H and O–H groups in total. The molecular weight excluding hydrogens is 242 g/mol. The molecule has 5 nitrogen and oxygen atoms in total. The number of rotatable bonds is 6. The summed E-state index contributed by atoms with van der Waals surface area (Å²) in [6.07, 6.45) is 4.89. The Labute approximate surface area is 115 Å². The fourth-order valence-electron chi connectivity index (χ4n) is 2.23. The van der Waals surface area contributed by atoms with Gasteiger partial charge in [0.05, 0.1) is 0 Å². The monoisotopic (exact) mass is 267 g/mol. The van der Waals surface area contributed by atoms with Gasteiger partial charge in [-0.05, 0) is 40.8 Å². The summed E-state index contributed by atoms with van der Waals surface area (Å²) in [5, 5.41) is 5.76. The predicted molar refractivity (Wildman–Crippen MR) is 75.6 cm³/mol. The minimum atomic E-state index is -0.114. The van der Waals surface area contributed by atoms with Crippen molar-refractivity contribution in [3.05, 3.63) is 12.2 Å². The molecule has 0 aliphatic carbocycles. The van der Waals surface area contributed by atoms with E-state index in [4.69, 9.17) is 0 Å². The Kier molecular flexibility index (Phi) is 5.54. The maximum Gasteiger partial charge on any atom is 0.243 e. The maximum atomic E-state index is 11.7. The van der Waals surface area contributed by atoms with Crippen LogP contribution in [0.15, 0.2) is 12.2 Å². The third kappa shape index (κ3) is 5.87. The topological polar surface area (TPSA) is 61.4 Å². The molecule has 0 bridgehead atoms. The normalized spacial score (nSPS) is 21.9. The van der Waals surface area contributed by atoms with Crippen molar-refractivity contribution >= 4 is 11.8 Å². The molecule has 2 amide bonds. The third-order valence-electron chi connectivity index (χ3n) is 3.12. The summed E-state index contributed by atoms with van der Waals surface area (Å²) in [5.41, 5.74) is -0.114. The Bertz CT molecular complexity index is 362. The van der Waals surface area contributed by atoms with Crippen molar-refractivity contribution in [1.29, 1.82) is 0 Å². The van der Waals surface area contributed by atoms with Crippen LogP contribution in [-0.4, -0.2) is 49.4 Å². The average Bonchev–Trinajstić information content (AvgIpc) is 2.51. The minimum Gasteiger partial charge on any atom is -0.353 e. The second kappa shape index (κ2) is 6.70. The fourth-order valence-corrected chi connectivity index (χ4v) is 2.23. The van der Waals surface area contributed by atoms with Crippen LogP contribution in [0.1, 0.15) is 26.7 Å². The molecule has 19 heavy (non-hydrogen) atoms. The highest BCUT2D eigenvalue weighted by Gasteiger charge is 2.36. The average molecular weight is 267 g/mol. The standard InChI is InChI=1S/C14H25N3O2/c1-14(2)10-11(13(19)16-14)7-8-15-12(18)6-5-9-17(3)4/h5-6,11H,7-10H2,1-4H3,(H,15,18)(H,16,19)/b6-5+. The molecule has 1 rings (SSSR count). The van der Waals surface area contributed by atoms with Crippen LogP contribution in [0.2, 0.25) is 0 Å². The number of carbonyl (C=O) groups excluding carboxylic acids is 2. The van der Waals surface area contributed by atoms with E-state index in [0.717, 1.165) is 13.0 Å². The van der Waals surface area contributed by atoms with E-state index in [-0.39, 0.29) is 23.3 Å². The summed E-state index contributed by atoms with van der Waals surface area (Å²) in [5.74, 6) is 0.0166. The van der Waals surface area contributed by atoms with Crippen LogP contribution in [0.5, 0.6) is 0 Å². The molecule has 0 aromatic carbocycles. The van der Waals surface area contributed by atoms with Crippen LogP contribution in [0.4, 0.5) is 0 Å². The summed E-state index contributed by atoms with van der Waals surface area (Å²) in [6, 6.07) is 0. The first-order valence-corrected chi connectivity index (χ1v) is 6.71. The van der Waals surface area contributed by atoms with Crippen LogP contribution in [0.25, 0.3) is 0 Å². The van der Waals surface area contributed by atoms with Crippen LogP contribution in [-0.2, 0) is 9.59 Å². The van der Waals surface area contributed by atoms with E-state index >= 15 is 0 Å². The summed E-state index contributed by atoms with van der Waals surface area (Å²) in [6.45, 7) is 5.33. The van der Waals surface area contributed by atoms with Crippen LogP contribution in [0.3, 0.4) is 0 Å². The summed E-state index contributed by atoms with van der Waals surface area (Å²) in [7, 11) is 3.89. The molecule has 108 valence electrons. The van der Waals surface area contributed by atoms with E-state index in [9.17, 15) is 9.59 Å². The smallest absolute Gasteiger partial charge is 0.243 e. The molecule has 0 aromatic rings. The molecular formula is C14H25N3O2. The number of nitrogens with zero attached hydrogens (tertiary/aromatic N) is 1. The van der Waals surface area contributed by atoms with E-state index in [2.05, 4.69) is 10.6 Å². The molecule has 5 heteroatoms. The van der Waals surface area contributed by atoms with E-state index in [1.165, 1.54) is 0 Å². The molecule has 1 unspecified atom stereocenters. The van der Waals surface area contributed by atoms with Gasteiger partial charge in [-0.3, -0.25) is 9.59 Å². The van der Waals surface area contributed by atoms with Gasteiger partial charge in [-0.25, -0.2) is 0 Å². The highest BCUT2D eigenvalue weighted by Crippen LogP contribution is 2.26. The van der Waals surface area contributed by atoms with E-state index < -0.39 is 0 Å². The van der Waals surface area contributed by atoms with Gasteiger partial charge in [0.1, 0.15) is 0 Å². The molecule has 1 aliphatic rings. The Morgan fingerprint density at radius 1 is 1.53 bits per heavy atom. The maximum absolute atomic E-state index is 11.7. The highest BCUT2D eigenvalue weighted by molar-refractivity contribution is 5.87. The lowest BCUT2D eigenvalue weighted by Gasteiger charge is -2.16. The first-order valence-electron chi connectivity index (χ1n) is 6.71. The van der Waals surface area contributed by atoms with Crippen molar-refractivity contribution < 1.29 is 9.59 Å². The molecule has 0 spiro atoms. The summed E-state index contributed by atoms with van der Waals surface area (Å²) < 4.78 is 0. The van der Waals surface area contributed by atoms with Gasteiger partial charge in [-0.2, -0.15) is 0 Å². The van der Waals surface area contributed by atoms with Crippen LogP contribution < -0.4 is 10.6 Å². The Balaban J connectivity index is 2.22.